The summed E-state index contributed by atoms with van der Waals surface area (Å²) < 4.78 is 1.96. The molecule has 0 amide bonds. The van der Waals surface area contributed by atoms with Crippen molar-refractivity contribution in [2.24, 2.45) is 23.7 Å². The van der Waals surface area contributed by atoms with E-state index in [4.69, 9.17) is 5.73 Å². The number of nitrogens with two attached hydrogens (primary N) is 1. The van der Waals surface area contributed by atoms with Crippen molar-refractivity contribution >= 4 is 5.96 Å². The van der Waals surface area contributed by atoms with Crippen molar-refractivity contribution in [3.8, 4) is 0 Å². The molecule has 0 saturated heterocycles. The molecule has 108 valence electrons. The molecule has 1 aromatic heterocycles. The van der Waals surface area contributed by atoms with Crippen LogP contribution in [-0.4, -0.2) is 22.3 Å². The van der Waals surface area contributed by atoms with Crippen LogP contribution in [0, 0.1) is 5.92 Å². The number of guanidine groups is 1. The molecule has 1 aromatic rings. The first kappa shape index (κ1) is 15.5. The second-order valence-electron chi connectivity index (χ2n) is 5.18. The fourth-order valence-electron chi connectivity index (χ4n) is 2.10. The number of aryl methyl sites for hydroxylation is 2. The fraction of sp³-hybridized carbons (Fsp3) is 0.714. The van der Waals surface area contributed by atoms with Crippen LogP contribution in [0.25, 0.3) is 0 Å². The smallest absolute Gasteiger partial charge is 0.188 e. The molecule has 0 radical (unpaired) electrons. The maximum absolute atomic E-state index is 5.87. The molecule has 0 atom stereocenters. The topological polar surface area (TPSA) is 68.2 Å². The highest BCUT2D eigenvalue weighted by Crippen LogP contribution is 2.16. The van der Waals surface area contributed by atoms with E-state index in [1.807, 2.05) is 11.7 Å². The molecule has 0 fully saturated rings. The Hall–Kier alpha value is -1.52. The Bertz CT molecular complexity index is 431. The van der Waals surface area contributed by atoms with Gasteiger partial charge in [0.05, 0.1) is 12.2 Å². The third kappa shape index (κ3) is 4.26. The van der Waals surface area contributed by atoms with Crippen molar-refractivity contribution in [3.05, 3.63) is 17.0 Å². The Labute approximate surface area is 116 Å². The van der Waals surface area contributed by atoms with Crippen LogP contribution in [-0.2, 0) is 26.4 Å². The average Bonchev–Trinajstić information content (AvgIpc) is 2.69. The number of hydrogen-bond acceptors (Lipinski definition) is 2. The molecular formula is C14H27N5. The largest absolute Gasteiger partial charge is 0.370 e. The second kappa shape index (κ2) is 7.16. The van der Waals surface area contributed by atoms with E-state index < -0.39 is 0 Å². The standard InChI is InChI=1S/C14H27N5/c1-6-12-11(13(7-2)19(5)18-12)9-17-14(15)16-8-10(3)4/h10H,6-9H2,1-5H3,(H3,15,16,17). The molecule has 1 heterocycles. The SMILES string of the molecule is CCc1nn(C)c(CC)c1CN=C(N)NCC(C)C. The van der Waals surface area contributed by atoms with Crippen LogP contribution in [0.4, 0.5) is 0 Å². The van der Waals surface area contributed by atoms with E-state index in [2.05, 4.69) is 43.1 Å². The molecule has 0 bridgehead atoms. The molecule has 3 N–H and O–H groups in total. The minimum atomic E-state index is 0.515. The van der Waals surface area contributed by atoms with Crippen LogP contribution >= 0.6 is 0 Å². The van der Waals surface area contributed by atoms with Gasteiger partial charge in [-0.05, 0) is 18.8 Å². The number of aromatic nitrogens is 2. The lowest BCUT2D eigenvalue weighted by Crippen LogP contribution is -2.34. The third-order valence-corrected chi connectivity index (χ3v) is 3.13. The summed E-state index contributed by atoms with van der Waals surface area (Å²) in [4.78, 5) is 4.43. The van der Waals surface area contributed by atoms with Crippen molar-refractivity contribution in [2.75, 3.05) is 6.54 Å². The van der Waals surface area contributed by atoms with Gasteiger partial charge in [0.2, 0.25) is 0 Å². The highest BCUT2D eigenvalue weighted by atomic mass is 15.3. The predicted octanol–water partition coefficient (Wildman–Crippen LogP) is 1.61. The molecule has 19 heavy (non-hydrogen) atoms. The van der Waals surface area contributed by atoms with Gasteiger partial charge >= 0.3 is 0 Å². The molecule has 0 spiro atoms. The van der Waals surface area contributed by atoms with Crippen LogP contribution in [0.5, 0.6) is 0 Å². The first-order valence-electron chi connectivity index (χ1n) is 7.06. The number of hydrogen-bond donors (Lipinski definition) is 2. The molecule has 0 aliphatic heterocycles. The quantitative estimate of drug-likeness (QED) is 0.606. The summed E-state index contributed by atoms with van der Waals surface area (Å²) in [6, 6.07) is 0. The molecule has 1 rings (SSSR count). The van der Waals surface area contributed by atoms with Crippen molar-refractivity contribution in [1.29, 1.82) is 0 Å². The first-order chi connectivity index (χ1) is 8.99. The number of aliphatic imine (C=N–C) groups is 1. The molecular weight excluding hydrogens is 238 g/mol. The van der Waals surface area contributed by atoms with Crippen molar-refractivity contribution < 1.29 is 0 Å². The Morgan fingerprint density at radius 2 is 2.05 bits per heavy atom. The van der Waals surface area contributed by atoms with Crippen molar-refractivity contribution in [3.63, 3.8) is 0 Å². The Morgan fingerprint density at radius 3 is 2.58 bits per heavy atom. The molecule has 0 aromatic carbocycles. The van der Waals surface area contributed by atoms with E-state index >= 15 is 0 Å². The Kier molecular flexibility index (Phi) is 5.86. The van der Waals surface area contributed by atoms with Gasteiger partial charge in [-0.1, -0.05) is 27.7 Å². The van der Waals surface area contributed by atoms with Crippen LogP contribution in [0.3, 0.4) is 0 Å². The van der Waals surface area contributed by atoms with E-state index in [-0.39, 0.29) is 0 Å². The molecule has 0 unspecified atom stereocenters. The third-order valence-electron chi connectivity index (χ3n) is 3.13. The van der Waals surface area contributed by atoms with Crippen molar-refractivity contribution in [1.82, 2.24) is 15.1 Å². The second-order valence-corrected chi connectivity index (χ2v) is 5.18. The molecule has 0 aliphatic rings. The molecule has 0 aliphatic carbocycles. The van der Waals surface area contributed by atoms with E-state index in [1.54, 1.807) is 0 Å². The summed E-state index contributed by atoms with van der Waals surface area (Å²) in [5.74, 6) is 1.08. The van der Waals surface area contributed by atoms with Crippen LogP contribution in [0.1, 0.15) is 44.6 Å². The zero-order valence-electron chi connectivity index (χ0n) is 12.8. The summed E-state index contributed by atoms with van der Waals surface area (Å²) in [6.45, 7) is 10.0. The van der Waals surface area contributed by atoms with Gasteiger partial charge in [-0.25, -0.2) is 4.99 Å². The summed E-state index contributed by atoms with van der Waals surface area (Å²) in [5, 5.41) is 7.67. The lowest BCUT2D eigenvalue weighted by atomic mass is 10.1. The summed E-state index contributed by atoms with van der Waals surface area (Å²) in [7, 11) is 1.99. The van der Waals surface area contributed by atoms with Gasteiger partial charge in [-0.2, -0.15) is 5.10 Å². The molecule has 5 nitrogen and oxygen atoms in total. The van der Waals surface area contributed by atoms with E-state index in [1.165, 1.54) is 11.3 Å². The zero-order chi connectivity index (χ0) is 14.4. The van der Waals surface area contributed by atoms with E-state index in [9.17, 15) is 0 Å². The minimum Gasteiger partial charge on any atom is -0.370 e. The van der Waals surface area contributed by atoms with Crippen molar-refractivity contribution in [2.45, 2.75) is 47.1 Å². The highest BCUT2D eigenvalue weighted by molar-refractivity contribution is 5.77. The highest BCUT2D eigenvalue weighted by Gasteiger charge is 2.12. The lowest BCUT2D eigenvalue weighted by molar-refractivity contribution is 0.621. The average molecular weight is 265 g/mol. The number of nitrogens with one attached hydrogen (secondary N) is 1. The number of rotatable bonds is 6. The zero-order valence-corrected chi connectivity index (χ0v) is 12.8. The molecule has 0 saturated carbocycles. The van der Waals surface area contributed by atoms with Gasteiger partial charge in [-0.15, -0.1) is 0 Å². The van der Waals surface area contributed by atoms with Gasteiger partial charge in [0.25, 0.3) is 0 Å². The number of nitrogens with zero attached hydrogens (tertiary/aromatic N) is 3. The van der Waals surface area contributed by atoms with Gasteiger partial charge in [0.1, 0.15) is 0 Å². The maximum Gasteiger partial charge on any atom is 0.188 e. The fourth-order valence-corrected chi connectivity index (χ4v) is 2.10. The molecule has 5 heteroatoms. The predicted molar refractivity (Wildman–Crippen MR) is 80.1 cm³/mol. The minimum absolute atomic E-state index is 0.515. The van der Waals surface area contributed by atoms with Gasteiger partial charge in [0.15, 0.2) is 5.96 Å². The normalized spacial score (nSPS) is 12.2. The first-order valence-corrected chi connectivity index (χ1v) is 7.06. The van der Waals surface area contributed by atoms with Gasteiger partial charge in [0, 0.05) is 24.8 Å². The maximum atomic E-state index is 5.87. The van der Waals surface area contributed by atoms with Gasteiger partial charge < -0.3 is 11.1 Å². The van der Waals surface area contributed by atoms with Crippen LogP contribution in [0.15, 0.2) is 4.99 Å². The Morgan fingerprint density at radius 1 is 1.37 bits per heavy atom. The van der Waals surface area contributed by atoms with E-state index in [0.717, 1.165) is 25.1 Å². The summed E-state index contributed by atoms with van der Waals surface area (Å²) in [6.07, 6.45) is 1.89. The van der Waals surface area contributed by atoms with Gasteiger partial charge in [-0.3, -0.25) is 4.68 Å². The summed E-state index contributed by atoms with van der Waals surface area (Å²) in [5.41, 5.74) is 9.47. The monoisotopic (exact) mass is 265 g/mol. The van der Waals surface area contributed by atoms with Crippen LogP contribution in [0.2, 0.25) is 0 Å². The lowest BCUT2D eigenvalue weighted by Gasteiger charge is -2.08. The Balaban J connectivity index is 2.78. The van der Waals surface area contributed by atoms with E-state index in [0.29, 0.717) is 18.4 Å². The summed E-state index contributed by atoms with van der Waals surface area (Å²) >= 11 is 0. The van der Waals surface area contributed by atoms with Crippen LogP contribution < -0.4 is 11.1 Å².